The summed E-state index contributed by atoms with van der Waals surface area (Å²) in [6, 6.07) is 8.12. The quantitative estimate of drug-likeness (QED) is 0.742. The third-order valence-electron chi connectivity index (χ3n) is 2.97. The van der Waals surface area contributed by atoms with E-state index in [0.29, 0.717) is 5.82 Å². The zero-order valence-corrected chi connectivity index (χ0v) is 9.99. The highest BCUT2D eigenvalue weighted by Crippen LogP contribution is 2.25. The first kappa shape index (κ1) is 10.6. The lowest BCUT2D eigenvalue weighted by molar-refractivity contribution is 0.779. The van der Waals surface area contributed by atoms with E-state index in [1.54, 1.807) is 23.4 Å². The summed E-state index contributed by atoms with van der Waals surface area (Å²) in [4.78, 5) is 4.03. The molecule has 2 aromatic heterocycles. The van der Waals surface area contributed by atoms with Crippen molar-refractivity contribution in [2.24, 2.45) is 7.05 Å². The number of aromatic nitrogens is 4. The second-order valence-corrected chi connectivity index (χ2v) is 4.08. The highest BCUT2D eigenvalue weighted by molar-refractivity contribution is 5.73. The van der Waals surface area contributed by atoms with Crippen molar-refractivity contribution < 1.29 is 0 Å². The fourth-order valence-corrected chi connectivity index (χ4v) is 1.89. The number of nitrogens with zero attached hydrogens (tertiary/aromatic N) is 4. The second-order valence-electron chi connectivity index (χ2n) is 4.08. The maximum Gasteiger partial charge on any atom is 0.129 e. The molecule has 0 aliphatic carbocycles. The number of benzene rings is 1. The smallest absolute Gasteiger partial charge is 0.129 e. The van der Waals surface area contributed by atoms with Gasteiger partial charge in [-0.2, -0.15) is 5.10 Å². The standard InChI is InChI=1S/C13H13N5/c1-17-13(14)12(8-16-17)10-2-4-11(5-3-10)18-7-6-15-9-18/h2-9H,14H2,1H3. The van der Waals surface area contributed by atoms with E-state index >= 15 is 0 Å². The summed E-state index contributed by atoms with van der Waals surface area (Å²) in [6.45, 7) is 0. The number of nitrogen functional groups attached to an aromatic ring is 1. The molecule has 90 valence electrons. The minimum atomic E-state index is 0.672. The van der Waals surface area contributed by atoms with E-state index in [1.165, 1.54) is 0 Å². The molecule has 2 heterocycles. The molecule has 18 heavy (non-hydrogen) atoms. The van der Waals surface area contributed by atoms with Gasteiger partial charge in [-0.1, -0.05) is 12.1 Å². The van der Waals surface area contributed by atoms with Gasteiger partial charge in [-0.3, -0.25) is 4.68 Å². The average molecular weight is 239 g/mol. The predicted octanol–water partition coefficient (Wildman–Crippen LogP) is 1.85. The molecule has 0 aliphatic heterocycles. The fourth-order valence-electron chi connectivity index (χ4n) is 1.89. The lowest BCUT2D eigenvalue weighted by Crippen LogP contribution is -1.98. The van der Waals surface area contributed by atoms with Crippen LogP contribution in [-0.2, 0) is 7.05 Å². The Hall–Kier alpha value is -2.56. The Morgan fingerprint density at radius 2 is 1.94 bits per heavy atom. The molecular weight excluding hydrogens is 226 g/mol. The number of aryl methyl sites for hydroxylation is 1. The van der Waals surface area contributed by atoms with Crippen LogP contribution >= 0.6 is 0 Å². The first-order valence-corrected chi connectivity index (χ1v) is 5.62. The molecule has 0 spiro atoms. The third kappa shape index (κ3) is 1.66. The summed E-state index contributed by atoms with van der Waals surface area (Å²) in [7, 11) is 1.83. The molecule has 0 bridgehead atoms. The number of nitrogens with two attached hydrogens (primary N) is 1. The van der Waals surface area contributed by atoms with E-state index in [9.17, 15) is 0 Å². The average Bonchev–Trinajstić information content (AvgIpc) is 3.02. The minimum absolute atomic E-state index is 0.672. The molecule has 0 saturated carbocycles. The van der Waals surface area contributed by atoms with Crippen LogP contribution < -0.4 is 5.73 Å². The van der Waals surface area contributed by atoms with Crippen LogP contribution in [0.4, 0.5) is 5.82 Å². The topological polar surface area (TPSA) is 61.7 Å². The normalized spacial score (nSPS) is 10.7. The van der Waals surface area contributed by atoms with Crippen molar-refractivity contribution in [2.75, 3.05) is 5.73 Å². The molecule has 0 unspecified atom stereocenters. The lowest BCUT2D eigenvalue weighted by Gasteiger charge is -2.04. The Kier molecular flexibility index (Phi) is 2.37. The van der Waals surface area contributed by atoms with E-state index in [4.69, 9.17) is 5.73 Å². The molecule has 0 saturated heterocycles. The molecule has 0 aliphatic rings. The molecule has 0 fully saturated rings. The van der Waals surface area contributed by atoms with Crippen LogP contribution in [0.5, 0.6) is 0 Å². The van der Waals surface area contributed by atoms with Crippen LogP contribution in [0.15, 0.2) is 49.2 Å². The van der Waals surface area contributed by atoms with Gasteiger partial charge in [0.05, 0.1) is 12.5 Å². The number of hydrogen-bond donors (Lipinski definition) is 1. The van der Waals surface area contributed by atoms with Crippen molar-refractivity contribution in [3.63, 3.8) is 0 Å². The van der Waals surface area contributed by atoms with Crippen molar-refractivity contribution in [3.05, 3.63) is 49.2 Å². The highest BCUT2D eigenvalue weighted by Gasteiger charge is 2.07. The molecule has 1 aromatic carbocycles. The van der Waals surface area contributed by atoms with Crippen molar-refractivity contribution >= 4 is 5.82 Å². The van der Waals surface area contributed by atoms with E-state index in [-0.39, 0.29) is 0 Å². The van der Waals surface area contributed by atoms with Gasteiger partial charge in [0, 0.05) is 30.7 Å². The van der Waals surface area contributed by atoms with Gasteiger partial charge in [0.25, 0.3) is 0 Å². The van der Waals surface area contributed by atoms with Gasteiger partial charge in [-0.15, -0.1) is 0 Å². The molecule has 3 rings (SSSR count). The van der Waals surface area contributed by atoms with E-state index in [0.717, 1.165) is 16.8 Å². The Bertz CT molecular complexity index is 649. The first-order valence-electron chi connectivity index (χ1n) is 5.62. The zero-order chi connectivity index (χ0) is 12.5. The summed E-state index contributed by atoms with van der Waals surface area (Å²) in [6.07, 6.45) is 7.22. The van der Waals surface area contributed by atoms with Crippen LogP contribution in [-0.4, -0.2) is 19.3 Å². The maximum absolute atomic E-state index is 5.95. The Morgan fingerprint density at radius 1 is 1.17 bits per heavy atom. The van der Waals surface area contributed by atoms with Crippen molar-refractivity contribution in [3.8, 4) is 16.8 Å². The predicted molar refractivity (Wildman–Crippen MR) is 70.2 cm³/mol. The SMILES string of the molecule is Cn1ncc(-c2ccc(-n3ccnc3)cc2)c1N. The molecule has 0 atom stereocenters. The highest BCUT2D eigenvalue weighted by atomic mass is 15.3. The monoisotopic (exact) mass is 239 g/mol. The van der Waals surface area contributed by atoms with Crippen LogP contribution in [0.1, 0.15) is 0 Å². The third-order valence-corrected chi connectivity index (χ3v) is 2.97. The minimum Gasteiger partial charge on any atom is -0.383 e. The first-order chi connectivity index (χ1) is 8.75. The Morgan fingerprint density at radius 3 is 2.50 bits per heavy atom. The van der Waals surface area contributed by atoms with Crippen LogP contribution in [0.25, 0.3) is 16.8 Å². The Balaban J connectivity index is 1.99. The number of imidazole rings is 1. The molecule has 0 amide bonds. The summed E-state index contributed by atoms with van der Waals surface area (Å²) in [5.41, 5.74) is 9.03. The van der Waals surface area contributed by atoms with E-state index in [1.807, 2.05) is 42.1 Å². The fraction of sp³-hybridized carbons (Fsp3) is 0.0769. The largest absolute Gasteiger partial charge is 0.383 e. The van der Waals surface area contributed by atoms with Crippen molar-refractivity contribution in [2.45, 2.75) is 0 Å². The number of rotatable bonds is 2. The van der Waals surface area contributed by atoms with Gasteiger partial charge in [0.1, 0.15) is 5.82 Å². The van der Waals surface area contributed by atoms with Gasteiger partial charge < -0.3 is 10.3 Å². The summed E-state index contributed by atoms with van der Waals surface area (Å²) in [5, 5.41) is 4.14. The summed E-state index contributed by atoms with van der Waals surface area (Å²) < 4.78 is 3.62. The van der Waals surface area contributed by atoms with Crippen molar-refractivity contribution in [1.82, 2.24) is 19.3 Å². The van der Waals surface area contributed by atoms with Gasteiger partial charge in [0.15, 0.2) is 0 Å². The van der Waals surface area contributed by atoms with E-state index < -0.39 is 0 Å². The van der Waals surface area contributed by atoms with E-state index in [2.05, 4.69) is 10.1 Å². The molecule has 2 N–H and O–H groups in total. The molecule has 5 nitrogen and oxygen atoms in total. The maximum atomic E-state index is 5.95. The second kappa shape index (κ2) is 4.03. The molecule has 5 heteroatoms. The summed E-state index contributed by atoms with van der Waals surface area (Å²) >= 11 is 0. The number of hydrogen-bond acceptors (Lipinski definition) is 3. The zero-order valence-electron chi connectivity index (χ0n) is 9.99. The molecule has 3 aromatic rings. The number of anilines is 1. The van der Waals surface area contributed by atoms with Crippen LogP contribution in [0.2, 0.25) is 0 Å². The van der Waals surface area contributed by atoms with Crippen LogP contribution in [0, 0.1) is 0 Å². The van der Waals surface area contributed by atoms with Crippen LogP contribution in [0.3, 0.4) is 0 Å². The lowest BCUT2D eigenvalue weighted by atomic mass is 10.1. The van der Waals surface area contributed by atoms with Crippen molar-refractivity contribution in [1.29, 1.82) is 0 Å². The van der Waals surface area contributed by atoms with Gasteiger partial charge in [-0.05, 0) is 17.7 Å². The molecular formula is C13H13N5. The Labute approximate surface area is 104 Å². The van der Waals surface area contributed by atoms with Gasteiger partial charge in [-0.25, -0.2) is 4.98 Å². The summed E-state index contributed by atoms with van der Waals surface area (Å²) in [5.74, 6) is 0.672. The molecule has 0 radical (unpaired) electrons. The van der Waals surface area contributed by atoms with Gasteiger partial charge in [0.2, 0.25) is 0 Å². The van der Waals surface area contributed by atoms with Gasteiger partial charge >= 0.3 is 0 Å².